The van der Waals surface area contributed by atoms with Crippen molar-refractivity contribution in [2.45, 2.75) is 25.8 Å². The summed E-state index contributed by atoms with van der Waals surface area (Å²) in [7, 11) is 1.35. The van der Waals surface area contributed by atoms with Gasteiger partial charge in [-0.2, -0.15) is 4.98 Å². The lowest BCUT2D eigenvalue weighted by Crippen LogP contribution is -2.52. The smallest absolute Gasteiger partial charge is 0.229 e. The molecule has 0 unspecified atom stereocenters. The van der Waals surface area contributed by atoms with Crippen LogP contribution in [-0.4, -0.2) is 92.6 Å². The zero-order valence-electron chi connectivity index (χ0n) is 24.7. The summed E-state index contributed by atoms with van der Waals surface area (Å²) in [6.07, 6.45) is 3.91. The highest BCUT2D eigenvalue weighted by Gasteiger charge is 2.27. The first-order valence-electron chi connectivity index (χ1n) is 14.2. The van der Waals surface area contributed by atoms with Gasteiger partial charge >= 0.3 is 0 Å². The summed E-state index contributed by atoms with van der Waals surface area (Å²) in [6, 6.07) is 12.6. The first kappa shape index (κ1) is 29.6. The molecule has 0 aliphatic carbocycles. The number of piperazine rings is 1. The van der Waals surface area contributed by atoms with Crippen molar-refractivity contribution in [1.82, 2.24) is 19.8 Å². The Morgan fingerprint density at radius 3 is 2.44 bits per heavy atom. The van der Waals surface area contributed by atoms with Gasteiger partial charge in [0.05, 0.1) is 24.7 Å². The lowest BCUT2D eigenvalue weighted by molar-refractivity contribution is 0.0982. The Kier molecular flexibility index (Phi) is 9.09. The van der Waals surface area contributed by atoms with Crippen LogP contribution in [0.15, 0.2) is 42.6 Å². The normalized spacial score (nSPS) is 17.5. The van der Waals surface area contributed by atoms with Crippen LogP contribution in [0.3, 0.4) is 0 Å². The molecule has 9 nitrogen and oxygen atoms in total. The zero-order valence-corrected chi connectivity index (χ0v) is 26.3. The van der Waals surface area contributed by atoms with E-state index in [0.717, 1.165) is 59.9 Å². The summed E-state index contributed by atoms with van der Waals surface area (Å²) in [6.45, 7) is 12.2. The Hall–Kier alpha value is -2.84. The minimum absolute atomic E-state index is 0.370. The predicted octanol–water partition coefficient (Wildman–Crippen LogP) is 5.40. The molecule has 0 spiro atoms. The summed E-state index contributed by atoms with van der Waals surface area (Å²) in [5.74, 6) is 1.53. The van der Waals surface area contributed by atoms with E-state index in [1.807, 2.05) is 31.2 Å². The van der Waals surface area contributed by atoms with Crippen LogP contribution in [0.2, 0.25) is 5.02 Å². The van der Waals surface area contributed by atoms with Gasteiger partial charge in [0.1, 0.15) is 17.9 Å². The van der Waals surface area contributed by atoms with Gasteiger partial charge in [0.25, 0.3) is 0 Å². The predicted molar refractivity (Wildman–Crippen MR) is 171 cm³/mol. The molecule has 2 aromatic carbocycles. The van der Waals surface area contributed by atoms with Gasteiger partial charge in [-0.1, -0.05) is 23.7 Å². The minimum atomic E-state index is -2.53. The van der Waals surface area contributed by atoms with Crippen molar-refractivity contribution in [1.29, 1.82) is 0 Å². The monoisotopic (exact) mass is 597 g/mol. The number of ether oxygens (including phenoxy) is 1. The minimum Gasteiger partial charge on any atom is -0.494 e. The van der Waals surface area contributed by atoms with E-state index in [-0.39, 0.29) is 0 Å². The van der Waals surface area contributed by atoms with Crippen molar-refractivity contribution in [3.63, 3.8) is 0 Å². The molecule has 2 aliphatic rings. The molecular formula is C30H41ClN7O2P. The van der Waals surface area contributed by atoms with Crippen molar-refractivity contribution >= 4 is 52.9 Å². The van der Waals surface area contributed by atoms with Gasteiger partial charge in [0, 0.05) is 62.4 Å². The number of aromatic nitrogens is 2. The molecule has 0 amide bonds. The van der Waals surface area contributed by atoms with Gasteiger partial charge in [-0.3, -0.25) is 4.90 Å². The highest BCUT2D eigenvalue weighted by molar-refractivity contribution is 7.70. The van der Waals surface area contributed by atoms with Gasteiger partial charge in [0.2, 0.25) is 5.95 Å². The lowest BCUT2D eigenvalue weighted by atomic mass is 10.0. The molecule has 0 bridgehead atoms. The maximum atomic E-state index is 12.9. The van der Waals surface area contributed by atoms with E-state index < -0.39 is 7.14 Å². The van der Waals surface area contributed by atoms with Crippen LogP contribution in [0.25, 0.3) is 0 Å². The van der Waals surface area contributed by atoms with Crippen LogP contribution in [0.5, 0.6) is 5.75 Å². The van der Waals surface area contributed by atoms with Crippen LogP contribution in [0, 0.1) is 6.92 Å². The molecule has 3 aromatic rings. The largest absolute Gasteiger partial charge is 0.494 e. The number of hydrogen-bond donors (Lipinski definition) is 2. The SMILES string of the molecule is COc1cc(N2CCC(N3CCN(C)CC3)CC2)ccc1Nc1ncc(Cl)c(Nc2c(C)cccc2P(C)(C)=O)n1. The lowest BCUT2D eigenvalue weighted by Gasteiger charge is -2.42. The number of nitrogens with one attached hydrogen (secondary N) is 2. The summed E-state index contributed by atoms with van der Waals surface area (Å²) < 4.78 is 18.7. The fraction of sp³-hybridized carbons (Fsp3) is 0.467. The Morgan fingerprint density at radius 1 is 1.02 bits per heavy atom. The van der Waals surface area contributed by atoms with E-state index in [2.05, 4.69) is 54.5 Å². The van der Waals surface area contributed by atoms with Crippen molar-refractivity contribution < 1.29 is 9.30 Å². The van der Waals surface area contributed by atoms with Crippen molar-refractivity contribution in [3.8, 4) is 5.75 Å². The quantitative estimate of drug-likeness (QED) is 0.332. The third-order valence-corrected chi connectivity index (χ3v) is 9.94. The third kappa shape index (κ3) is 6.97. The molecule has 1 aromatic heterocycles. The standard InChI is InChI=1S/C30H41ClN7O2P/c1-21-7-6-8-27(41(4,5)39)28(21)34-29-24(31)20-32-30(35-29)33-25-10-9-23(19-26(25)40-3)37-13-11-22(12-14-37)38-17-15-36(2)16-18-38/h6-10,19-20,22H,11-18H2,1-5H3,(H2,32,33,34,35). The summed E-state index contributed by atoms with van der Waals surface area (Å²) in [5, 5.41) is 7.73. The molecule has 220 valence electrons. The summed E-state index contributed by atoms with van der Waals surface area (Å²) in [4.78, 5) is 16.6. The van der Waals surface area contributed by atoms with Crippen molar-refractivity contribution in [3.05, 3.63) is 53.2 Å². The Morgan fingerprint density at radius 2 is 1.76 bits per heavy atom. The molecule has 2 aliphatic heterocycles. The fourth-order valence-electron chi connectivity index (χ4n) is 5.67. The van der Waals surface area contributed by atoms with Crippen LogP contribution >= 0.6 is 18.7 Å². The highest BCUT2D eigenvalue weighted by atomic mass is 35.5. The maximum absolute atomic E-state index is 12.9. The van der Waals surface area contributed by atoms with Crippen LogP contribution in [0.4, 0.5) is 28.8 Å². The van der Waals surface area contributed by atoms with E-state index in [1.54, 1.807) is 26.6 Å². The molecule has 2 N–H and O–H groups in total. The average molecular weight is 598 g/mol. The van der Waals surface area contributed by atoms with Crippen LogP contribution in [0.1, 0.15) is 18.4 Å². The first-order chi connectivity index (χ1) is 19.6. The van der Waals surface area contributed by atoms with Crippen molar-refractivity contribution in [2.75, 3.05) is 82.3 Å². The van der Waals surface area contributed by atoms with Crippen molar-refractivity contribution in [2.24, 2.45) is 0 Å². The van der Waals surface area contributed by atoms with Gasteiger partial charge in [-0.15, -0.1) is 0 Å². The molecule has 5 rings (SSSR count). The number of rotatable bonds is 8. The highest BCUT2D eigenvalue weighted by Crippen LogP contribution is 2.40. The number of aryl methyl sites for hydroxylation is 1. The molecule has 0 atom stereocenters. The maximum Gasteiger partial charge on any atom is 0.229 e. The number of methoxy groups -OCH3 is 1. The molecule has 0 radical (unpaired) electrons. The Labute approximate surface area is 248 Å². The topological polar surface area (TPSA) is 85.9 Å². The molecule has 41 heavy (non-hydrogen) atoms. The molecular weight excluding hydrogens is 557 g/mol. The van der Waals surface area contributed by atoms with E-state index in [0.29, 0.717) is 22.8 Å². The van der Waals surface area contributed by atoms with Gasteiger partial charge in [-0.05, 0) is 63.9 Å². The third-order valence-electron chi connectivity index (χ3n) is 8.13. The second-order valence-electron chi connectivity index (χ2n) is 11.4. The second-order valence-corrected chi connectivity index (χ2v) is 15.0. The number of nitrogens with zero attached hydrogens (tertiary/aromatic N) is 5. The number of anilines is 5. The number of hydrogen-bond acceptors (Lipinski definition) is 9. The average Bonchev–Trinajstić information content (AvgIpc) is 2.96. The van der Waals surface area contributed by atoms with Crippen LogP contribution < -0.4 is 25.6 Å². The number of halogens is 1. The van der Waals surface area contributed by atoms with E-state index in [9.17, 15) is 4.57 Å². The van der Waals surface area contributed by atoms with E-state index in [4.69, 9.17) is 16.3 Å². The Bertz CT molecular complexity index is 1420. The summed E-state index contributed by atoms with van der Waals surface area (Å²) in [5.41, 5.74) is 3.63. The van der Waals surface area contributed by atoms with E-state index >= 15 is 0 Å². The Balaban J connectivity index is 1.29. The number of likely N-dealkylation sites (N-methyl/N-ethyl adjacent to an activating group) is 1. The number of piperidine rings is 1. The second kappa shape index (κ2) is 12.6. The van der Waals surface area contributed by atoms with Gasteiger partial charge in [0.15, 0.2) is 5.82 Å². The first-order valence-corrected chi connectivity index (χ1v) is 17.2. The molecule has 3 heterocycles. The molecule has 2 fully saturated rings. The molecule has 0 saturated carbocycles. The van der Waals surface area contributed by atoms with Gasteiger partial charge in [-0.25, -0.2) is 4.98 Å². The molecule has 11 heteroatoms. The summed E-state index contributed by atoms with van der Waals surface area (Å²) >= 11 is 6.48. The zero-order chi connectivity index (χ0) is 29.1. The molecule has 2 saturated heterocycles. The van der Waals surface area contributed by atoms with Crippen LogP contribution in [-0.2, 0) is 4.57 Å². The fourth-order valence-corrected chi connectivity index (χ4v) is 7.03. The van der Waals surface area contributed by atoms with Gasteiger partial charge < -0.3 is 29.7 Å². The number of benzene rings is 2. The van der Waals surface area contributed by atoms with E-state index in [1.165, 1.54) is 25.9 Å². The number of para-hydroxylation sites is 1.